The van der Waals surface area contributed by atoms with E-state index in [9.17, 15) is 29.3 Å². The van der Waals surface area contributed by atoms with E-state index in [1.807, 2.05) is 0 Å². The maximum absolute atomic E-state index is 12.3. The number of anilines is 1. The normalized spacial score (nSPS) is 25.1. The number of aliphatic hydroxyl groups is 2. The molecular formula is C16H25ClN6O8P2. The highest BCUT2D eigenvalue weighted by Crippen LogP contribution is 2.61. The van der Waals surface area contributed by atoms with Crippen molar-refractivity contribution in [2.75, 3.05) is 30.9 Å². The number of nitrogens with zero attached hydrogens (tertiary/aromatic N) is 3. The van der Waals surface area contributed by atoms with Crippen molar-refractivity contribution in [3.8, 4) is 0 Å². The summed E-state index contributed by atoms with van der Waals surface area (Å²) in [7, 11) is -4.54. The number of nitrogens with two attached hydrogens (primary N) is 1. The van der Waals surface area contributed by atoms with E-state index in [0.29, 0.717) is 19.4 Å². The predicted octanol–water partition coefficient (Wildman–Crippen LogP) is -0.748. The van der Waals surface area contributed by atoms with Crippen molar-refractivity contribution in [3.05, 3.63) is 16.7 Å². The number of fused-ring (bicyclic) bond motifs is 1. The van der Waals surface area contributed by atoms with E-state index < -0.39 is 45.7 Å². The summed E-state index contributed by atoms with van der Waals surface area (Å²) in [6.45, 7) is 0.392. The molecule has 14 nitrogen and oxygen atoms in total. The molecule has 17 heteroatoms. The molecule has 0 aliphatic carbocycles. The molecule has 1 aliphatic heterocycles. The molecule has 184 valence electrons. The second-order valence-electron chi connectivity index (χ2n) is 7.23. The fraction of sp³-hybridized carbons (Fsp3) is 0.625. The van der Waals surface area contributed by atoms with E-state index in [2.05, 4.69) is 20.3 Å². The Morgan fingerprint density at radius 3 is 2.91 bits per heavy atom. The van der Waals surface area contributed by atoms with Gasteiger partial charge in [-0.2, -0.15) is 4.98 Å². The van der Waals surface area contributed by atoms with Gasteiger partial charge in [-0.15, -0.1) is 11.6 Å². The van der Waals surface area contributed by atoms with Crippen molar-refractivity contribution in [2.45, 2.75) is 37.4 Å². The molecule has 7 N–H and O–H groups in total. The zero-order chi connectivity index (χ0) is 24.2. The minimum absolute atomic E-state index is 0.0134. The van der Waals surface area contributed by atoms with Crippen LogP contribution in [0.15, 0.2) is 11.1 Å². The molecule has 1 saturated heterocycles. The molecule has 0 aromatic carbocycles. The Balaban J connectivity index is 1.53. The summed E-state index contributed by atoms with van der Waals surface area (Å²) in [6.07, 6.45) is -2.67. The Morgan fingerprint density at radius 2 is 2.18 bits per heavy atom. The molecule has 0 radical (unpaired) electrons. The molecule has 1 amide bonds. The number of carbonyl (C=O) groups excluding carboxylic acids is 1. The number of amides is 1. The van der Waals surface area contributed by atoms with Crippen molar-refractivity contribution in [2.24, 2.45) is 0 Å². The molecule has 6 atom stereocenters. The van der Waals surface area contributed by atoms with Crippen molar-refractivity contribution < 1.29 is 33.7 Å². The maximum Gasteiger partial charge on any atom is 0.343 e. The van der Waals surface area contributed by atoms with Crippen LogP contribution < -0.4 is 16.6 Å². The number of ether oxygens (including phenoxy) is 1. The van der Waals surface area contributed by atoms with Gasteiger partial charge in [-0.1, -0.05) is 0 Å². The van der Waals surface area contributed by atoms with Crippen LogP contribution in [0.1, 0.15) is 19.1 Å². The average Bonchev–Trinajstić information content (AvgIpc) is 3.30. The van der Waals surface area contributed by atoms with E-state index in [1.54, 1.807) is 0 Å². The van der Waals surface area contributed by atoms with Gasteiger partial charge in [-0.3, -0.25) is 23.7 Å². The lowest BCUT2D eigenvalue weighted by molar-refractivity contribution is -0.118. The van der Waals surface area contributed by atoms with Crippen LogP contribution >= 0.6 is 27.2 Å². The fourth-order valence-electron chi connectivity index (χ4n) is 3.20. The maximum atomic E-state index is 12.3. The van der Waals surface area contributed by atoms with Crippen LogP contribution in [0.2, 0.25) is 0 Å². The van der Waals surface area contributed by atoms with Gasteiger partial charge in [-0.25, -0.2) is 4.98 Å². The molecule has 2 aromatic rings. The van der Waals surface area contributed by atoms with Crippen molar-refractivity contribution in [3.63, 3.8) is 0 Å². The summed E-state index contributed by atoms with van der Waals surface area (Å²) in [6, 6.07) is 0. The first-order valence-corrected chi connectivity index (χ1v) is 14.1. The minimum Gasteiger partial charge on any atom is -0.388 e. The Labute approximate surface area is 194 Å². The molecule has 3 rings (SSSR count). The van der Waals surface area contributed by atoms with E-state index in [0.717, 1.165) is 0 Å². The molecule has 1 aliphatic rings. The SMILES string of the molecule is Nc1nc2c(ncn2[C@@H]2O[C@H](CPP(=O)(O)OCCCCNC(=O)CCl)[C@@H](O)[C@H]2O)c(=O)[nH]1. The lowest BCUT2D eigenvalue weighted by Gasteiger charge is -2.17. The zero-order valence-electron chi connectivity index (χ0n) is 17.3. The quantitative estimate of drug-likeness (QED) is 0.122. The van der Waals surface area contributed by atoms with Crippen LogP contribution in [-0.2, 0) is 18.6 Å². The Morgan fingerprint density at radius 1 is 1.42 bits per heavy atom. The number of halogens is 1. The van der Waals surface area contributed by atoms with E-state index in [-0.39, 0.29) is 41.7 Å². The van der Waals surface area contributed by atoms with Crippen molar-refractivity contribution in [1.82, 2.24) is 24.8 Å². The molecule has 2 unspecified atom stereocenters. The fourth-order valence-corrected chi connectivity index (χ4v) is 6.29. The van der Waals surface area contributed by atoms with E-state index >= 15 is 0 Å². The second kappa shape index (κ2) is 11.2. The highest BCUT2D eigenvalue weighted by molar-refractivity contribution is 8.19. The lowest BCUT2D eigenvalue weighted by atomic mass is 10.1. The topological polar surface area (TPSA) is 215 Å². The van der Waals surface area contributed by atoms with Crippen LogP contribution in [0.5, 0.6) is 0 Å². The van der Waals surface area contributed by atoms with Gasteiger partial charge in [-0.05, 0) is 12.8 Å². The Kier molecular flexibility index (Phi) is 8.82. The van der Waals surface area contributed by atoms with Crippen LogP contribution in [0.25, 0.3) is 11.2 Å². The van der Waals surface area contributed by atoms with Gasteiger partial charge in [0.05, 0.1) is 19.0 Å². The molecule has 0 bridgehead atoms. The van der Waals surface area contributed by atoms with Crippen molar-refractivity contribution in [1.29, 1.82) is 0 Å². The molecule has 1 fully saturated rings. The van der Waals surface area contributed by atoms with Crippen molar-refractivity contribution >= 4 is 50.2 Å². The average molecular weight is 527 g/mol. The number of imidazole rings is 1. The number of nitrogens with one attached hydrogen (secondary N) is 2. The molecule has 3 heterocycles. The van der Waals surface area contributed by atoms with Crippen LogP contribution in [0, 0.1) is 0 Å². The molecule has 0 saturated carbocycles. The number of aliphatic hydroxyl groups excluding tert-OH is 2. The number of nitrogen functional groups attached to an aromatic ring is 1. The number of hydrogen-bond acceptors (Lipinski definition) is 10. The number of carbonyl (C=O) groups is 1. The van der Waals surface area contributed by atoms with Gasteiger partial charge in [0.15, 0.2) is 17.4 Å². The number of hydrogen-bond donors (Lipinski definition) is 6. The summed E-state index contributed by atoms with van der Waals surface area (Å²) < 4.78 is 24.3. The minimum atomic E-state index is -3.94. The van der Waals surface area contributed by atoms with Gasteiger partial charge in [0.2, 0.25) is 11.9 Å². The van der Waals surface area contributed by atoms with Crippen LogP contribution in [0.3, 0.4) is 0 Å². The number of aromatic nitrogens is 4. The van der Waals surface area contributed by atoms with Crippen LogP contribution in [-0.4, -0.2) is 84.0 Å². The second-order valence-corrected chi connectivity index (χ2v) is 12.2. The third-order valence-electron chi connectivity index (χ3n) is 4.84. The third kappa shape index (κ3) is 6.49. The van der Waals surface area contributed by atoms with Gasteiger partial charge in [0, 0.05) is 21.0 Å². The predicted molar refractivity (Wildman–Crippen MR) is 120 cm³/mol. The first kappa shape index (κ1) is 26.0. The number of H-pyrrole nitrogens is 1. The van der Waals surface area contributed by atoms with Gasteiger partial charge >= 0.3 is 7.28 Å². The Bertz CT molecular complexity index is 1080. The monoisotopic (exact) mass is 526 g/mol. The zero-order valence-corrected chi connectivity index (χ0v) is 19.9. The van der Waals surface area contributed by atoms with E-state index in [4.69, 9.17) is 26.6 Å². The van der Waals surface area contributed by atoms with Gasteiger partial charge in [0.1, 0.15) is 18.1 Å². The number of aromatic amines is 1. The molecule has 0 spiro atoms. The van der Waals surface area contributed by atoms with Crippen LogP contribution in [0.4, 0.5) is 5.95 Å². The lowest BCUT2D eigenvalue weighted by Crippen LogP contribution is -2.32. The summed E-state index contributed by atoms with van der Waals surface area (Å²) in [4.78, 5) is 43.2. The molecule has 2 aromatic heterocycles. The summed E-state index contributed by atoms with van der Waals surface area (Å²) in [5.74, 6) is -0.578. The smallest absolute Gasteiger partial charge is 0.343 e. The third-order valence-corrected chi connectivity index (χ3v) is 8.73. The molecular weight excluding hydrogens is 502 g/mol. The first-order chi connectivity index (χ1) is 15.6. The number of alkyl halides is 1. The highest BCUT2D eigenvalue weighted by atomic mass is 35.5. The summed E-state index contributed by atoms with van der Waals surface area (Å²) in [5, 5.41) is 23.4. The highest BCUT2D eigenvalue weighted by Gasteiger charge is 2.45. The Hall–Kier alpha value is -1.63. The molecule has 33 heavy (non-hydrogen) atoms. The number of unbranched alkanes of at least 4 members (excludes halogenated alkanes) is 1. The first-order valence-electron chi connectivity index (χ1n) is 9.92. The van der Waals surface area contributed by atoms with E-state index in [1.165, 1.54) is 10.9 Å². The largest absolute Gasteiger partial charge is 0.388 e. The van der Waals surface area contributed by atoms with Gasteiger partial charge in [0.25, 0.3) is 5.56 Å². The standard InChI is InChI=1S/C16H25ClN6O8P2/c17-5-9(24)19-3-1-2-4-30-33(28,29)32-6-8-11(25)12(26)15(31-8)23-7-20-10-13(23)21-16(18)22-14(10)27/h7-8,11-12,15,25-26,32H,1-6H2,(H,19,24)(H,28,29)(H3,18,21,22,27)/t8-,11-,12-,15-/m1/s1. The van der Waals surface area contributed by atoms with Gasteiger partial charge < -0.3 is 35.4 Å². The number of rotatable bonds is 11. The summed E-state index contributed by atoms with van der Waals surface area (Å²) in [5.41, 5.74) is 5.04. The summed E-state index contributed by atoms with van der Waals surface area (Å²) >= 11 is 5.36.